The van der Waals surface area contributed by atoms with E-state index in [9.17, 15) is 10.1 Å². The zero-order chi connectivity index (χ0) is 13.0. The maximum Gasteiger partial charge on any atom is 0.292 e. The summed E-state index contributed by atoms with van der Waals surface area (Å²) in [4.78, 5) is 10.6. The third kappa shape index (κ3) is 2.98. The van der Waals surface area contributed by atoms with Crippen LogP contribution in [0.4, 0.5) is 11.4 Å². The van der Waals surface area contributed by atoms with E-state index < -0.39 is 4.92 Å². The number of nitrogens with one attached hydrogen (secondary N) is 1. The van der Waals surface area contributed by atoms with E-state index in [1.54, 1.807) is 12.1 Å². The van der Waals surface area contributed by atoms with Crippen LogP contribution in [0.1, 0.15) is 37.7 Å². The molecule has 1 aromatic carbocycles. The number of hydrogen-bond acceptors (Lipinski definition) is 4. The molecule has 0 atom stereocenters. The zero-order valence-electron chi connectivity index (χ0n) is 10.3. The van der Waals surface area contributed by atoms with Gasteiger partial charge in [-0.15, -0.1) is 0 Å². The summed E-state index contributed by atoms with van der Waals surface area (Å²) < 4.78 is 0. The lowest BCUT2D eigenvalue weighted by Gasteiger charge is -2.23. The number of aliphatic hydroxyl groups excluding tert-OH is 1. The van der Waals surface area contributed by atoms with Crippen LogP contribution < -0.4 is 5.32 Å². The van der Waals surface area contributed by atoms with Crippen molar-refractivity contribution in [3.8, 4) is 0 Å². The molecule has 5 nitrogen and oxygen atoms in total. The minimum Gasteiger partial charge on any atom is -0.392 e. The number of aliphatic hydroxyl groups is 1. The Morgan fingerprint density at radius 1 is 1.33 bits per heavy atom. The average Bonchev–Trinajstić information content (AvgIpc) is 2.40. The summed E-state index contributed by atoms with van der Waals surface area (Å²) in [5, 5.41) is 23.3. The molecule has 0 aromatic heterocycles. The molecule has 1 saturated carbocycles. The molecule has 0 unspecified atom stereocenters. The van der Waals surface area contributed by atoms with Gasteiger partial charge in [0.05, 0.1) is 11.5 Å². The summed E-state index contributed by atoms with van der Waals surface area (Å²) in [5.74, 6) is 0. The number of nitrogens with zero attached hydrogens (tertiary/aromatic N) is 1. The molecule has 0 radical (unpaired) electrons. The molecule has 18 heavy (non-hydrogen) atoms. The molecular weight excluding hydrogens is 232 g/mol. The van der Waals surface area contributed by atoms with Crippen molar-refractivity contribution >= 4 is 11.4 Å². The van der Waals surface area contributed by atoms with Gasteiger partial charge in [0, 0.05) is 12.1 Å². The lowest BCUT2D eigenvalue weighted by atomic mass is 9.95. The van der Waals surface area contributed by atoms with Gasteiger partial charge in [-0.05, 0) is 24.5 Å². The molecular formula is C13H18N2O3. The SMILES string of the molecule is O=[N+]([O-])c1cc(CO)ccc1NC1CCCCC1. The first-order valence-corrected chi connectivity index (χ1v) is 6.35. The summed E-state index contributed by atoms with van der Waals surface area (Å²) in [7, 11) is 0. The fraction of sp³-hybridized carbons (Fsp3) is 0.538. The van der Waals surface area contributed by atoms with E-state index in [-0.39, 0.29) is 12.3 Å². The van der Waals surface area contributed by atoms with Gasteiger partial charge in [0.15, 0.2) is 0 Å². The minimum atomic E-state index is -0.398. The number of rotatable bonds is 4. The van der Waals surface area contributed by atoms with E-state index in [0.29, 0.717) is 17.3 Å². The minimum absolute atomic E-state index is 0.0483. The Kier molecular flexibility index (Phi) is 4.15. The fourth-order valence-electron chi connectivity index (χ4n) is 2.42. The van der Waals surface area contributed by atoms with Crippen molar-refractivity contribution in [3.63, 3.8) is 0 Å². The highest BCUT2D eigenvalue weighted by atomic mass is 16.6. The molecule has 0 saturated heterocycles. The van der Waals surface area contributed by atoms with Gasteiger partial charge in [-0.1, -0.05) is 25.3 Å². The number of nitro groups is 1. The largest absolute Gasteiger partial charge is 0.392 e. The molecule has 2 rings (SSSR count). The highest BCUT2D eigenvalue weighted by Crippen LogP contribution is 2.29. The highest BCUT2D eigenvalue weighted by Gasteiger charge is 2.19. The Morgan fingerprint density at radius 3 is 2.67 bits per heavy atom. The van der Waals surface area contributed by atoms with E-state index in [0.717, 1.165) is 12.8 Å². The molecule has 0 aliphatic heterocycles. The molecule has 0 spiro atoms. The average molecular weight is 250 g/mol. The van der Waals surface area contributed by atoms with Crippen molar-refractivity contribution < 1.29 is 10.0 Å². The number of anilines is 1. The fourth-order valence-corrected chi connectivity index (χ4v) is 2.42. The van der Waals surface area contributed by atoms with E-state index >= 15 is 0 Å². The van der Waals surface area contributed by atoms with Crippen molar-refractivity contribution in [3.05, 3.63) is 33.9 Å². The van der Waals surface area contributed by atoms with Gasteiger partial charge in [0.1, 0.15) is 5.69 Å². The van der Waals surface area contributed by atoms with Gasteiger partial charge >= 0.3 is 0 Å². The smallest absolute Gasteiger partial charge is 0.292 e. The number of nitro benzene ring substituents is 1. The van der Waals surface area contributed by atoms with Crippen molar-refractivity contribution in [1.29, 1.82) is 0 Å². The van der Waals surface area contributed by atoms with Crippen LogP contribution in [-0.4, -0.2) is 16.1 Å². The Balaban J connectivity index is 2.17. The first-order valence-electron chi connectivity index (χ1n) is 6.35. The van der Waals surface area contributed by atoms with Crippen LogP contribution in [0.15, 0.2) is 18.2 Å². The summed E-state index contributed by atoms with van der Waals surface area (Å²) in [6.07, 6.45) is 5.75. The van der Waals surface area contributed by atoms with Crippen molar-refractivity contribution in [2.45, 2.75) is 44.8 Å². The highest BCUT2D eigenvalue weighted by molar-refractivity contribution is 5.63. The summed E-state index contributed by atoms with van der Waals surface area (Å²) in [6.45, 7) is -0.176. The van der Waals surface area contributed by atoms with Crippen LogP contribution in [0.2, 0.25) is 0 Å². The van der Waals surface area contributed by atoms with Crippen LogP contribution in [0.3, 0.4) is 0 Å². The third-order valence-corrected chi connectivity index (χ3v) is 3.41. The molecule has 0 amide bonds. The molecule has 1 aliphatic carbocycles. The normalized spacial score (nSPS) is 16.5. The van der Waals surface area contributed by atoms with Gasteiger partial charge in [-0.2, -0.15) is 0 Å². The number of hydrogen-bond donors (Lipinski definition) is 2. The second-order valence-electron chi connectivity index (χ2n) is 4.75. The molecule has 1 aliphatic rings. The van der Waals surface area contributed by atoms with Gasteiger partial charge in [0.2, 0.25) is 0 Å². The zero-order valence-corrected chi connectivity index (χ0v) is 10.3. The van der Waals surface area contributed by atoms with E-state index in [1.807, 2.05) is 0 Å². The van der Waals surface area contributed by atoms with Crippen LogP contribution in [-0.2, 0) is 6.61 Å². The standard InChI is InChI=1S/C13H18N2O3/c16-9-10-6-7-12(13(8-10)15(17)18)14-11-4-2-1-3-5-11/h6-8,11,14,16H,1-5,9H2. The number of benzene rings is 1. The topological polar surface area (TPSA) is 75.4 Å². The maximum absolute atomic E-state index is 11.0. The quantitative estimate of drug-likeness (QED) is 0.636. The first-order chi connectivity index (χ1) is 8.70. The Bertz CT molecular complexity index is 428. The van der Waals surface area contributed by atoms with Gasteiger partial charge in [-0.3, -0.25) is 10.1 Å². The summed E-state index contributed by atoms with van der Waals surface area (Å²) in [5.41, 5.74) is 1.17. The first kappa shape index (κ1) is 12.8. The van der Waals surface area contributed by atoms with Crippen LogP contribution in [0.5, 0.6) is 0 Å². The third-order valence-electron chi connectivity index (χ3n) is 3.41. The molecule has 2 N–H and O–H groups in total. The van der Waals surface area contributed by atoms with Gasteiger partial charge in [-0.25, -0.2) is 0 Å². The van der Waals surface area contributed by atoms with Crippen molar-refractivity contribution in [2.75, 3.05) is 5.32 Å². The Labute approximate surface area is 106 Å². The lowest BCUT2D eigenvalue weighted by Crippen LogP contribution is -2.22. The maximum atomic E-state index is 11.0. The second-order valence-corrected chi connectivity index (χ2v) is 4.75. The van der Waals surface area contributed by atoms with Crippen LogP contribution in [0, 0.1) is 10.1 Å². The van der Waals surface area contributed by atoms with Crippen molar-refractivity contribution in [1.82, 2.24) is 0 Å². The van der Waals surface area contributed by atoms with E-state index in [2.05, 4.69) is 5.32 Å². The molecule has 0 heterocycles. The van der Waals surface area contributed by atoms with Crippen LogP contribution in [0.25, 0.3) is 0 Å². The van der Waals surface area contributed by atoms with Crippen LogP contribution >= 0.6 is 0 Å². The molecule has 1 fully saturated rings. The molecule has 0 bridgehead atoms. The Morgan fingerprint density at radius 2 is 2.06 bits per heavy atom. The predicted octanol–water partition coefficient (Wildman–Crippen LogP) is 2.83. The molecule has 5 heteroatoms. The molecule has 98 valence electrons. The lowest BCUT2D eigenvalue weighted by molar-refractivity contribution is -0.384. The second kappa shape index (κ2) is 5.82. The van der Waals surface area contributed by atoms with Gasteiger partial charge in [0.25, 0.3) is 5.69 Å². The van der Waals surface area contributed by atoms with Crippen molar-refractivity contribution in [2.24, 2.45) is 0 Å². The van der Waals surface area contributed by atoms with E-state index in [1.165, 1.54) is 25.3 Å². The Hall–Kier alpha value is -1.62. The van der Waals surface area contributed by atoms with Gasteiger partial charge < -0.3 is 10.4 Å². The summed E-state index contributed by atoms with van der Waals surface area (Å²) >= 11 is 0. The predicted molar refractivity (Wildman–Crippen MR) is 69.5 cm³/mol. The molecule has 1 aromatic rings. The van der Waals surface area contributed by atoms with E-state index in [4.69, 9.17) is 5.11 Å². The summed E-state index contributed by atoms with van der Waals surface area (Å²) in [6, 6.07) is 5.18. The monoisotopic (exact) mass is 250 g/mol.